The highest BCUT2D eigenvalue weighted by molar-refractivity contribution is 6.03. The maximum atomic E-state index is 13.2. The van der Waals surface area contributed by atoms with Crippen molar-refractivity contribution < 1.29 is 9.53 Å². The molecule has 0 fully saturated rings. The number of fused-ring (bicyclic) bond motifs is 2. The van der Waals surface area contributed by atoms with Crippen LogP contribution in [0.3, 0.4) is 0 Å². The van der Waals surface area contributed by atoms with Crippen molar-refractivity contribution >= 4 is 22.6 Å². The van der Waals surface area contributed by atoms with Crippen molar-refractivity contribution in [2.75, 3.05) is 0 Å². The van der Waals surface area contributed by atoms with Gasteiger partial charge in [0, 0.05) is 23.9 Å². The number of nitrogens with zero attached hydrogens (tertiary/aromatic N) is 5. The number of hydrogen-bond donors (Lipinski definition) is 0. The first kappa shape index (κ1) is 22.5. The van der Waals surface area contributed by atoms with E-state index in [1.807, 2.05) is 58.0 Å². The highest BCUT2D eigenvalue weighted by Crippen LogP contribution is 2.27. The minimum absolute atomic E-state index is 0.0653. The summed E-state index contributed by atoms with van der Waals surface area (Å²) in [6.45, 7) is 7.82. The lowest BCUT2D eigenvalue weighted by molar-refractivity contribution is 0.0470. The molecule has 1 aromatic carbocycles. The summed E-state index contributed by atoms with van der Waals surface area (Å²) in [7, 11) is 0. The number of carbonyl (C=O) groups is 1. The predicted molar refractivity (Wildman–Crippen MR) is 133 cm³/mol. The Morgan fingerprint density at radius 3 is 2.49 bits per heavy atom. The Labute approximate surface area is 201 Å². The lowest BCUT2D eigenvalue weighted by Crippen LogP contribution is -2.17. The van der Waals surface area contributed by atoms with Gasteiger partial charge in [-0.15, -0.1) is 0 Å². The number of rotatable bonds is 5. The highest BCUT2D eigenvalue weighted by Gasteiger charge is 2.20. The van der Waals surface area contributed by atoms with Gasteiger partial charge in [-0.3, -0.25) is 9.20 Å². The van der Waals surface area contributed by atoms with Gasteiger partial charge in [-0.2, -0.15) is 5.10 Å². The largest absolute Gasteiger partial charge is 0.456 e. The van der Waals surface area contributed by atoms with E-state index in [0.717, 1.165) is 16.7 Å². The summed E-state index contributed by atoms with van der Waals surface area (Å²) in [5, 5.41) is 5.06. The molecule has 0 aliphatic rings. The fourth-order valence-corrected chi connectivity index (χ4v) is 3.99. The van der Waals surface area contributed by atoms with Crippen LogP contribution in [0.15, 0.2) is 65.7 Å². The molecule has 0 saturated heterocycles. The molecule has 0 spiro atoms. The smallest absolute Gasteiger partial charge is 0.339 e. The van der Waals surface area contributed by atoms with Gasteiger partial charge in [-0.05, 0) is 45.4 Å². The summed E-state index contributed by atoms with van der Waals surface area (Å²) in [5.41, 5.74) is 5.27. The van der Waals surface area contributed by atoms with Crippen LogP contribution in [0.1, 0.15) is 47.1 Å². The molecule has 0 saturated carbocycles. The van der Waals surface area contributed by atoms with Crippen LogP contribution in [-0.4, -0.2) is 30.1 Å². The number of carbonyl (C=O) groups excluding carboxylic acids is 1. The Morgan fingerprint density at radius 1 is 1.00 bits per heavy atom. The van der Waals surface area contributed by atoms with Crippen molar-refractivity contribution in [1.82, 2.24) is 24.1 Å². The van der Waals surface area contributed by atoms with Crippen molar-refractivity contribution in [2.24, 2.45) is 0 Å². The number of benzene rings is 1. The highest BCUT2D eigenvalue weighted by atomic mass is 16.5. The van der Waals surface area contributed by atoms with Crippen molar-refractivity contribution in [1.29, 1.82) is 0 Å². The number of ether oxygens (including phenoxy) is 1. The topological polar surface area (TPSA) is 91.4 Å². The molecular weight excluding hydrogens is 442 g/mol. The zero-order valence-electron chi connectivity index (χ0n) is 20.0. The van der Waals surface area contributed by atoms with E-state index in [1.165, 1.54) is 10.5 Å². The summed E-state index contributed by atoms with van der Waals surface area (Å²) in [4.78, 5) is 35.0. The van der Waals surface area contributed by atoms with Crippen molar-refractivity contribution in [3.63, 3.8) is 0 Å². The number of pyridine rings is 2. The Balaban J connectivity index is 1.51. The third-order valence-corrected chi connectivity index (χ3v) is 5.83. The quantitative estimate of drug-likeness (QED) is 0.349. The third kappa shape index (κ3) is 4.30. The van der Waals surface area contributed by atoms with Gasteiger partial charge in [0.15, 0.2) is 5.65 Å². The molecular formula is C27H25N5O3. The summed E-state index contributed by atoms with van der Waals surface area (Å²) in [6.07, 6.45) is 3.37. The molecule has 8 nitrogen and oxygen atoms in total. The zero-order valence-corrected chi connectivity index (χ0v) is 20.0. The summed E-state index contributed by atoms with van der Waals surface area (Å²) in [6, 6.07) is 14.8. The van der Waals surface area contributed by atoms with Crippen molar-refractivity contribution in [3.8, 4) is 11.3 Å². The van der Waals surface area contributed by atoms with Crippen LogP contribution in [0.5, 0.6) is 0 Å². The van der Waals surface area contributed by atoms with Gasteiger partial charge in [0.25, 0.3) is 5.56 Å². The molecule has 0 radical (unpaired) electrons. The molecule has 5 aromatic rings. The number of aryl methyl sites for hydroxylation is 2. The molecule has 8 heteroatoms. The van der Waals surface area contributed by atoms with Gasteiger partial charge in [-0.25, -0.2) is 19.4 Å². The number of aromatic nitrogens is 5. The van der Waals surface area contributed by atoms with E-state index >= 15 is 0 Å². The Bertz CT molecular complexity index is 1630. The first-order valence-corrected chi connectivity index (χ1v) is 11.4. The SMILES string of the molecule is Cc1ccc(-c2cc(C(=O)OCc3cc(=O)n4cc(C)ccc4n3)c3cnn(C(C)C)c3n2)cc1. The fourth-order valence-electron chi connectivity index (χ4n) is 3.99. The minimum Gasteiger partial charge on any atom is -0.456 e. The molecule has 0 amide bonds. The third-order valence-electron chi connectivity index (χ3n) is 5.83. The average molecular weight is 468 g/mol. The lowest BCUT2D eigenvalue weighted by atomic mass is 10.1. The summed E-state index contributed by atoms with van der Waals surface area (Å²) >= 11 is 0. The van der Waals surface area contributed by atoms with Crippen molar-refractivity contribution in [3.05, 3.63) is 93.7 Å². The molecule has 0 aliphatic heterocycles. The minimum atomic E-state index is -0.528. The van der Waals surface area contributed by atoms with Gasteiger partial charge in [0.1, 0.15) is 12.3 Å². The molecule has 0 N–H and O–H groups in total. The maximum absolute atomic E-state index is 13.2. The van der Waals surface area contributed by atoms with E-state index in [0.29, 0.717) is 33.6 Å². The molecule has 35 heavy (non-hydrogen) atoms. The lowest BCUT2D eigenvalue weighted by Gasteiger charge is -2.11. The Morgan fingerprint density at radius 2 is 1.74 bits per heavy atom. The van der Waals surface area contributed by atoms with Gasteiger partial charge in [-0.1, -0.05) is 35.9 Å². The molecule has 4 aromatic heterocycles. The maximum Gasteiger partial charge on any atom is 0.339 e. The van der Waals surface area contributed by atoms with E-state index in [2.05, 4.69) is 10.1 Å². The van der Waals surface area contributed by atoms with Crippen LogP contribution in [0, 0.1) is 13.8 Å². The summed E-state index contributed by atoms with van der Waals surface area (Å²) in [5.74, 6) is -0.528. The molecule has 0 bridgehead atoms. The van der Waals surface area contributed by atoms with Crippen LogP contribution in [0.25, 0.3) is 27.9 Å². The summed E-state index contributed by atoms with van der Waals surface area (Å²) < 4.78 is 8.88. The first-order valence-electron chi connectivity index (χ1n) is 11.4. The van der Waals surface area contributed by atoms with Gasteiger partial charge in [0.2, 0.25) is 0 Å². The van der Waals surface area contributed by atoms with Crippen molar-refractivity contribution in [2.45, 2.75) is 40.3 Å². The second kappa shape index (κ2) is 8.79. The molecule has 0 atom stereocenters. The second-order valence-corrected chi connectivity index (χ2v) is 8.94. The van der Waals surface area contributed by atoms with E-state index in [1.54, 1.807) is 29.2 Å². The van der Waals surface area contributed by atoms with Gasteiger partial charge < -0.3 is 4.74 Å². The predicted octanol–water partition coefficient (Wildman–Crippen LogP) is 4.66. The van der Waals surface area contributed by atoms with Gasteiger partial charge >= 0.3 is 5.97 Å². The van der Waals surface area contributed by atoms with Crippen LogP contribution >= 0.6 is 0 Å². The van der Waals surface area contributed by atoms with Crippen LogP contribution in [0.2, 0.25) is 0 Å². The second-order valence-electron chi connectivity index (χ2n) is 8.94. The molecule has 176 valence electrons. The monoisotopic (exact) mass is 467 g/mol. The molecule has 4 heterocycles. The Kier molecular flexibility index (Phi) is 5.64. The van der Waals surface area contributed by atoms with E-state index < -0.39 is 5.97 Å². The normalized spacial score (nSPS) is 11.5. The zero-order chi connectivity index (χ0) is 24.7. The van der Waals surface area contributed by atoms with E-state index in [-0.39, 0.29) is 18.2 Å². The molecule has 0 aliphatic carbocycles. The van der Waals surface area contributed by atoms with Crippen LogP contribution in [0.4, 0.5) is 0 Å². The van der Waals surface area contributed by atoms with Crippen LogP contribution < -0.4 is 5.56 Å². The average Bonchev–Trinajstić information content (AvgIpc) is 3.27. The fraction of sp³-hybridized carbons (Fsp3) is 0.222. The van der Waals surface area contributed by atoms with Crippen LogP contribution in [-0.2, 0) is 11.3 Å². The van der Waals surface area contributed by atoms with Gasteiger partial charge in [0.05, 0.1) is 28.5 Å². The number of esters is 1. The Hall–Kier alpha value is -4.33. The molecule has 5 rings (SSSR count). The molecule has 0 unspecified atom stereocenters. The first-order chi connectivity index (χ1) is 16.8. The standard InChI is InChI=1S/C27H25N5O3/c1-16(2)32-26-22(13-28-32)21(12-23(30-26)19-8-5-17(3)6-9-19)27(34)35-15-20-11-25(33)31-14-18(4)7-10-24(31)29-20/h5-14,16H,15H2,1-4H3. The van der Waals surface area contributed by atoms with E-state index in [9.17, 15) is 9.59 Å². The number of hydrogen-bond acceptors (Lipinski definition) is 6. The van der Waals surface area contributed by atoms with E-state index in [4.69, 9.17) is 9.72 Å².